The predicted molar refractivity (Wildman–Crippen MR) is 116 cm³/mol. The Bertz CT molecular complexity index is 884. The molecule has 2 N–H and O–H groups in total. The minimum absolute atomic E-state index is 0.0488. The average Bonchev–Trinajstić information content (AvgIpc) is 2.78. The zero-order chi connectivity index (χ0) is 21.6. The topological polar surface area (TPSA) is 79.9 Å². The molecule has 0 aromatic heterocycles. The number of urea groups is 1. The smallest absolute Gasteiger partial charge is 0.321 e. The van der Waals surface area contributed by atoms with Gasteiger partial charge in [0.25, 0.3) is 0 Å². The number of ether oxygens (including phenoxy) is 2. The normalized spacial score (nSPS) is 18.4. The van der Waals surface area contributed by atoms with Gasteiger partial charge in [-0.3, -0.25) is 4.79 Å². The van der Waals surface area contributed by atoms with E-state index in [9.17, 15) is 9.59 Å². The molecule has 1 atom stereocenters. The number of hydrogen-bond donors (Lipinski definition) is 2. The minimum atomic E-state index is -0.631. The Kier molecular flexibility index (Phi) is 6.82. The van der Waals surface area contributed by atoms with Crippen molar-refractivity contribution >= 4 is 17.6 Å². The summed E-state index contributed by atoms with van der Waals surface area (Å²) in [7, 11) is 3.22. The van der Waals surface area contributed by atoms with Crippen LogP contribution in [0.4, 0.5) is 10.5 Å². The average molecular weight is 412 g/mol. The quantitative estimate of drug-likeness (QED) is 0.760. The van der Waals surface area contributed by atoms with Crippen molar-refractivity contribution in [3.8, 4) is 11.5 Å². The van der Waals surface area contributed by atoms with Crippen LogP contribution in [0.15, 0.2) is 48.5 Å². The van der Waals surface area contributed by atoms with Gasteiger partial charge in [0.15, 0.2) is 0 Å². The van der Waals surface area contributed by atoms with Gasteiger partial charge in [0.05, 0.1) is 19.6 Å². The molecule has 0 radical (unpaired) electrons. The third-order valence-corrected chi connectivity index (χ3v) is 5.46. The maximum Gasteiger partial charge on any atom is 0.321 e. The van der Waals surface area contributed by atoms with Crippen molar-refractivity contribution in [3.63, 3.8) is 0 Å². The fraction of sp³-hybridized carbons (Fsp3) is 0.391. The highest BCUT2D eigenvalue weighted by Gasteiger charge is 2.39. The van der Waals surface area contributed by atoms with Crippen LogP contribution in [0.5, 0.6) is 11.5 Å². The van der Waals surface area contributed by atoms with Gasteiger partial charge in [-0.25, -0.2) is 4.79 Å². The molecule has 7 heteroatoms. The van der Waals surface area contributed by atoms with E-state index in [0.717, 1.165) is 29.9 Å². The van der Waals surface area contributed by atoms with Gasteiger partial charge < -0.3 is 25.0 Å². The van der Waals surface area contributed by atoms with Gasteiger partial charge in [-0.1, -0.05) is 12.1 Å². The van der Waals surface area contributed by atoms with E-state index in [1.165, 1.54) is 0 Å². The summed E-state index contributed by atoms with van der Waals surface area (Å²) in [6.45, 7) is 3.34. The van der Waals surface area contributed by atoms with E-state index in [4.69, 9.17) is 9.47 Å². The lowest BCUT2D eigenvalue weighted by Crippen LogP contribution is -2.52. The first-order valence-electron chi connectivity index (χ1n) is 10.0. The second kappa shape index (κ2) is 9.52. The molecule has 1 fully saturated rings. The number of hydrogen-bond acceptors (Lipinski definition) is 4. The highest BCUT2D eigenvalue weighted by molar-refractivity contribution is 5.90. The molecule has 1 heterocycles. The molecule has 0 saturated carbocycles. The zero-order valence-electron chi connectivity index (χ0n) is 17.7. The van der Waals surface area contributed by atoms with Crippen molar-refractivity contribution < 1.29 is 19.1 Å². The number of methoxy groups -OCH3 is 2. The summed E-state index contributed by atoms with van der Waals surface area (Å²) in [5.74, 6) is 1.44. The molecule has 1 aliphatic rings. The Hall–Kier alpha value is -3.22. The van der Waals surface area contributed by atoms with Crippen LogP contribution in [-0.4, -0.2) is 44.1 Å². The van der Waals surface area contributed by atoms with E-state index in [2.05, 4.69) is 10.6 Å². The van der Waals surface area contributed by atoms with Gasteiger partial charge in [-0.2, -0.15) is 0 Å². The molecule has 1 saturated heterocycles. The number of benzene rings is 2. The van der Waals surface area contributed by atoms with Crippen LogP contribution in [0.1, 0.15) is 25.3 Å². The van der Waals surface area contributed by atoms with Gasteiger partial charge in [0, 0.05) is 25.3 Å². The first-order valence-corrected chi connectivity index (χ1v) is 10.0. The Morgan fingerprint density at radius 1 is 1.07 bits per heavy atom. The highest BCUT2D eigenvalue weighted by atomic mass is 16.5. The number of piperidine rings is 1. The number of anilines is 1. The molecule has 0 unspecified atom stereocenters. The molecule has 0 spiro atoms. The molecule has 2 aromatic carbocycles. The van der Waals surface area contributed by atoms with Crippen LogP contribution >= 0.6 is 0 Å². The van der Waals surface area contributed by atoms with Crippen molar-refractivity contribution in [2.45, 2.75) is 26.3 Å². The highest BCUT2D eigenvalue weighted by Crippen LogP contribution is 2.30. The van der Waals surface area contributed by atoms with Gasteiger partial charge in [-0.05, 0) is 61.7 Å². The summed E-state index contributed by atoms with van der Waals surface area (Å²) in [5.41, 5.74) is 1.03. The summed E-state index contributed by atoms with van der Waals surface area (Å²) >= 11 is 0. The SMILES string of the molecule is COc1ccc(NC(=O)N2CCC[C@@](C)(C(=O)NCc3cccc(OC)c3)C2)cc1. The third-order valence-electron chi connectivity index (χ3n) is 5.46. The molecule has 7 nitrogen and oxygen atoms in total. The summed E-state index contributed by atoms with van der Waals surface area (Å²) in [5, 5.41) is 5.91. The van der Waals surface area contributed by atoms with E-state index in [-0.39, 0.29) is 11.9 Å². The summed E-state index contributed by atoms with van der Waals surface area (Å²) in [6, 6.07) is 14.6. The van der Waals surface area contributed by atoms with Crippen molar-refractivity contribution in [3.05, 3.63) is 54.1 Å². The summed E-state index contributed by atoms with van der Waals surface area (Å²) in [4.78, 5) is 27.4. The Balaban J connectivity index is 1.58. The maximum atomic E-state index is 12.9. The molecule has 0 bridgehead atoms. The molecule has 0 aliphatic carbocycles. The van der Waals surface area contributed by atoms with Crippen molar-refractivity contribution in [1.29, 1.82) is 0 Å². The van der Waals surface area contributed by atoms with Crippen LogP contribution < -0.4 is 20.1 Å². The van der Waals surface area contributed by atoms with E-state index in [1.54, 1.807) is 43.4 Å². The van der Waals surface area contributed by atoms with E-state index < -0.39 is 5.41 Å². The van der Waals surface area contributed by atoms with E-state index in [0.29, 0.717) is 25.3 Å². The van der Waals surface area contributed by atoms with Gasteiger partial charge >= 0.3 is 6.03 Å². The van der Waals surface area contributed by atoms with Gasteiger partial charge in [0.2, 0.25) is 5.91 Å². The largest absolute Gasteiger partial charge is 0.497 e. The van der Waals surface area contributed by atoms with Crippen molar-refractivity contribution in [1.82, 2.24) is 10.2 Å². The lowest BCUT2D eigenvalue weighted by molar-refractivity contribution is -0.132. The minimum Gasteiger partial charge on any atom is -0.497 e. The Labute approximate surface area is 177 Å². The number of carbonyl (C=O) groups is 2. The number of nitrogens with one attached hydrogen (secondary N) is 2. The monoisotopic (exact) mass is 411 g/mol. The second-order valence-corrected chi connectivity index (χ2v) is 7.78. The lowest BCUT2D eigenvalue weighted by Gasteiger charge is -2.39. The summed E-state index contributed by atoms with van der Waals surface area (Å²) < 4.78 is 10.4. The first-order chi connectivity index (χ1) is 14.4. The van der Waals surface area contributed by atoms with Gasteiger partial charge in [0.1, 0.15) is 11.5 Å². The molecular weight excluding hydrogens is 382 g/mol. The van der Waals surface area contributed by atoms with Crippen molar-refractivity contribution in [2.75, 3.05) is 32.6 Å². The van der Waals surface area contributed by atoms with E-state index >= 15 is 0 Å². The molecule has 3 amide bonds. The number of amides is 3. The van der Waals surface area contributed by atoms with Crippen LogP contribution in [0.3, 0.4) is 0 Å². The Morgan fingerprint density at radius 2 is 1.80 bits per heavy atom. The third kappa shape index (κ3) is 5.23. The number of nitrogens with zero attached hydrogens (tertiary/aromatic N) is 1. The molecule has 3 rings (SSSR count). The van der Waals surface area contributed by atoms with Crippen LogP contribution in [0.2, 0.25) is 0 Å². The van der Waals surface area contributed by atoms with Crippen LogP contribution in [0, 0.1) is 5.41 Å². The molecule has 1 aliphatic heterocycles. The van der Waals surface area contributed by atoms with Crippen molar-refractivity contribution in [2.24, 2.45) is 5.41 Å². The zero-order valence-corrected chi connectivity index (χ0v) is 17.7. The van der Waals surface area contributed by atoms with E-state index in [1.807, 2.05) is 31.2 Å². The fourth-order valence-electron chi connectivity index (χ4n) is 3.65. The maximum absolute atomic E-state index is 12.9. The molecular formula is C23H29N3O4. The van der Waals surface area contributed by atoms with Crippen LogP contribution in [0.25, 0.3) is 0 Å². The Morgan fingerprint density at radius 3 is 2.50 bits per heavy atom. The second-order valence-electron chi connectivity index (χ2n) is 7.78. The molecule has 30 heavy (non-hydrogen) atoms. The number of carbonyl (C=O) groups excluding carboxylic acids is 2. The lowest BCUT2D eigenvalue weighted by atomic mass is 9.81. The first kappa shape index (κ1) is 21.5. The summed E-state index contributed by atoms with van der Waals surface area (Å²) in [6.07, 6.45) is 1.52. The molecule has 160 valence electrons. The fourth-order valence-corrected chi connectivity index (χ4v) is 3.65. The number of rotatable bonds is 6. The standard InChI is InChI=1S/C23H29N3O4/c1-23(21(27)24-15-17-6-4-7-20(14-17)30-3)12-5-13-26(16-23)22(28)25-18-8-10-19(29-2)11-9-18/h4,6-11,14H,5,12-13,15-16H2,1-3H3,(H,24,27)(H,25,28)/t23-/m1/s1. The van der Waals surface area contributed by atoms with Crippen LogP contribution in [-0.2, 0) is 11.3 Å². The molecule has 2 aromatic rings. The van der Waals surface area contributed by atoms with Gasteiger partial charge in [-0.15, -0.1) is 0 Å². The predicted octanol–water partition coefficient (Wildman–Crippen LogP) is 3.65. The number of likely N-dealkylation sites (tertiary alicyclic amines) is 1.